The van der Waals surface area contributed by atoms with Crippen LogP contribution in [0, 0.1) is 17.2 Å². The molecule has 3 heteroatoms. The minimum atomic E-state index is -0.271. The zero-order valence-corrected chi connectivity index (χ0v) is 9.58. The summed E-state index contributed by atoms with van der Waals surface area (Å²) in [5.41, 5.74) is 0. The Hall–Kier alpha value is -0.590. The van der Waals surface area contributed by atoms with E-state index in [1.807, 2.05) is 6.92 Å². The van der Waals surface area contributed by atoms with Crippen LogP contribution in [-0.2, 0) is 0 Å². The van der Waals surface area contributed by atoms with Crippen molar-refractivity contribution < 1.29 is 5.11 Å². The number of aliphatic hydroxyl groups is 1. The second-order valence-corrected chi connectivity index (χ2v) is 4.45. The number of nitrogens with zero attached hydrogens (tertiary/aromatic N) is 1. The van der Waals surface area contributed by atoms with E-state index in [4.69, 9.17) is 5.26 Å². The molecular formula is C12H22N2O. The molecule has 0 aromatic heterocycles. The molecule has 0 amide bonds. The molecule has 1 fully saturated rings. The average Bonchev–Trinajstić information content (AvgIpc) is 2.50. The van der Waals surface area contributed by atoms with Crippen molar-refractivity contribution in [1.29, 1.82) is 5.26 Å². The largest absolute Gasteiger partial charge is 0.392 e. The van der Waals surface area contributed by atoms with Gasteiger partial charge in [0.25, 0.3) is 0 Å². The van der Waals surface area contributed by atoms with Gasteiger partial charge < -0.3 is 10.4 Å². The topological polar surface area (TPSA) is 56.0 Å². The highest BCUT2D eigenvalue weighted by molar-refractivity contribution is 4.93. The highest BCUT2D eigenvalue weighted by Gasteiger charge is 2.23. The molecule has 0 radical (unpaired) electrons. The van der Waals surface area contributed by atoms with E-state index in [2.05, 4.69) is 11.4 Å². The van der Waals surface area contributed by atoms with E-state index in [1.165, 1.54) is 19.3 Å². The summed E-state index contributed by atoms with van der Waals surface area (Å²) in [5.74, 6) is 0.136. The molecule has 0 aromatic carbocycles. The zero-order valence-electron chi connectivity index (χ0n) is 9.58. The molecule has 1 aliphatic carbocycles. The summed E-state index contributed by atoms with van der Waals surface area (Å²) in [4.78, 5) is 0. The van der Waals surface area contributed by atoms with Crippen LogP contribution in [-0.4, -0.2) is 23.8 Å². The van der Waals surface area contributed by atoms with Gasteiger partial charge in [0.1, 0.15) is 0 Å². The molecule has 1 rings (SSSR count). The van der Waals surface area contributed by atoms with Crippen LogP contribution in [0.25, 0.3) is 0 Å². The smallest absolute Gasteiger partial charge is 0.0672 e. The Morgan fingerprint density at radius 3 is 2.80 bits per heavy atom. The molecule has 1 saturated carbocycles. The van der Waals surface area contributed by atoms with Crippen molar-refractivity contribution in [3.05, 3.63) is 0 Å². The first-order valence-electron chi connectivity index (χ1n) is 6.09. The van der Waals surface area contributed by atoms with Crippen LogP contribution < -0.4 is 5.32 Å². The van der Waals surface area contributed by atoms with Crippen LogP contribution in [0.3, 0.4) is 0 Å². The molecule has 2 N–H and O–H groups in total. The van der Waals surface area contributed by atoms with Gasteiger partial charge in [0.05, 0.1) is 18.1 Å². The van der Waals surface area contributed by atoms with Crippen LogP contribution in [0.1, 0.15) is 45.4 Å². The van der Waals surface area contributed by atoms with Gasteiger partial charge in [-0.2, -0.15) is 5.26 Å². The lowest BCUT2D eigenvalue weighted by Gasteiger charge is -2.22. The van der Waals surface area contributed by atoms with Crippen molar-refractivity contribution >= 4 is 0 Å². The van der Waals surface area contributed by atoms with E-state index in [1.54, 1.807) is 0 Å². The molecule has 3 nitrogen and oxygen atoms in total. The highest BCUT2D eigenvalue weighted by atomic mass is 16.3. The standard InChI is InChI=1S/C12H22N2O/c1-2-11(15)9-14-12-7-5-3-4-6-10(12)8-13/h10-12,14-15H,2-7,9H2,1H3. The normalized spacial score (nSPS) is 29.1. The summed E-state index contributed by atoms with van der Waals surface area (Å²) in [6, 6.07) is 2.68. The number of nitrogens with one attached hydrogen (secondary N) is 1. The number of hydrogen-bond acceptors (Lipinski definition) is 3. The minimum Gasteiger partial charge on any atom is -0.392 e. The third kappa shape index (κ3) is 4.19. The molecule has 0 spiro atoms. The molecule has 0 bridgehead atoms. The van der Waals surface area contributed by atoms with E-state index in [9.17, 15) is 5.11 Å². The van der Waals surface area contributed by atoms with Gasteiger partial charge in [-0.25, -0.2) is 0 Å². The molecular weight excluding hydrogens is 188 g/mol. The van der Waals surface area contributed by atoms with Crippen molar-refractivity contribution in [3.63, 3.8) is 0 Å². The molecule has 0 saturated heterocycles. The summed E-state index contributed by atoms with van der Waals surface area (Å²) in [6.07, 6.45) is 6.21. The van der Waals surface area contributed by atoms with Crippen molar-refractivity contribution in [2.24, 2.45) is 5.92 Å². The third-order valence-corrected chi connectivity index (χ3v) is 3.27. The van der Waals surface area contributed by atoms with Gasteiger partial charge in [-0.3, -0.25) is 0 Å². The molecule has 15 heavy (non-hydrogen) atoms. The van der Waals surface area contributed by atoms with E-state index in [0.29, 0.717) is 12.6 Å². The second-order valence-electron chi connectivity index (χ2n) is 4.45. The first-order chi connectivity index (χ1) is 7.27. The Morgan fingerprint density at radius 2 is 2.13 bits per heavy atom. The van der Waals surface area contributed by atoms with E-state index >= 15 is 0 Å². The summed E-state index contributed by atoms with van der Waals surface area (Å²) >= 11 is 0. The van der Waals surface area contributed by atoms with Crippen molar-refractivity contribution in [1.82, 2.24) is 5.32 Å². The molecule has 3 atom stereocenters. The lowest BCUT2D eigenvalue weighted by Crippen LogP contribution is -2.39. The van der Waals surface area contributed by atoms with Gasteiger partial charge in [-0.05, 0) is 19.3 Å². The maximum Gasteiger partial charge on any atom is 0.0672 e. The van der Waals surface area contributed by atoms with Gasteiger partial charge in [0, 0.05) is 12.6 Å². The molecule has 0 aromatic rings. The van der Waals surface area contributed by atoms with Gasteiger partial charge in [0.15, 0.2) is 0 Å². The van der Waals surface area contributed by atoms with Gasteiger partial charge in [-0.1, -0.05) is 26.2 Å². The lowest BCUT2D eigenvalue weighted by molar-refractivity contribution is 0.159. The van der Waals surface area contributed by atoms with Crippen LogP contribution in [0.4, 0.5) is 0 Å². The summed E-state index contributed by atoms with van der Waals surface area (Å²) in [7, 11) is 0. The fourth-order valence-corrected chi connectivity index (χ4v) is 2.14. The van der Waals surface area contributed by atoms with Crippen LogP contribution in [0.15, 0.2) is 0 Å². The first kappa shape index (κ1) is 12.5. The molecule has 0 heterocycles. The molecule has 1 aliphatic rings. The Balaban J connectivity index is 2.38. The highest BCUT2D eigenvalue weighted by Crippen LogP contribution is 2.22. The molecule has 0 aliphatic heterocycles. The maximum absolute atomic E-state index is 9.47. The summed E-state index contributed by atoms with van der Waals surface area (Å²) in [5, 5.41) is 21.9. The maximum atomic E-state index is 9.47. The fourth-order valence-electron chi connectivity index (χ4n) is 2.14. The van der Waals surface area contributed by atoms with E-state index in [-0.39, 0.29) is 12.0 Å². The van der Waals surface area contributed by atoms with Gasteiger partial charge in [0.2, 0.25) is 0 Å². The summed E-state index contributed by atoms with van der Waals surface area (Å²) < 4.78 is 0. The van der Waals surface area contributed by atoms with Crippen molar-refractivity contribution in [2.45, 2.75) is 57.6 Å². The Labute approximate surface area is 92.5 Å². The first-order valence-corrected chi connectivity index (χ1v) is 6.09. The Morgan fingerprint density at radius 1 is 1.40 bits per heavy atom. The van der Waals surface area contributed by atoms with Gasteiger partial charge in [-0.15, -0.1) is 0 Å². The van der Waals surface area contributed by atoms with E-state index < -0.39 is 0 Å². The Bertz CT molecular complexity index is 212. The van der Waals surface area contributed by atoms with Gasteiger partial charge >= 0.3 is 0 Å². The molecule has 86 valence electrons. The predicted octanol–water partition coefficient (Wildman–Crippen LogP) is 1.82. The monoisotopic (exact) mass is 210 g/mol. The minimum absolute atomic E-state index is 0.136. The molecule has 3 unspecified atom stereocenters. The second kappa shape index (κ2) is 6.81. The van der Waals surface area contributed by atoms with Crippen LogP contribution >= 0.6 is 0 Å². The number of aliphatic hydroxyl groups excluding tert-OH is 1. The van der Waals surface area contributed by atoms with E-state index in [0.717, 1.165) is 19.3 Å². The lowest BCUT2D eigenvalue weighted by atomic mass is 9.96. The summed E-state index contributed by atoms with van der Waals surface area (Å²) in [6.45, 7) is 2.60. The van der Waals surface area contributed by atoms with Crippen molar-refractivity contribution in [2.75, 3.05) is 6.54 Å². The van der Waals surface area contributed by atoms with Crippen LogP contribution in [0.2, 0.25) is 0 Å². The van der Waals surface area contributed by atoms with Crippen LogP contribution in [0.5, 0.6) is 0 Å². The zero-order chi connectivity index (χ0) is 11.1. The quantitative estimate of drug-likeness (QED) is 0.696. The Kier molecular flexibility index (Phi) is 5.67. The number of hydrogen-bond donors (Lipinski definition) is 2. The third-order valence-electron chi connectivity index (χ3n) is 3.27. The average molecular weight is 210 g/mol. The number of rotatable bonds is 4. The SMILES string of the molecule is CCC(O)CNC1CCCCCC1C#N. The van der Waals surface area contributed by atoms with Crippen molar-refractivity contribution in [3.8, 4) is 6.07 Å². The number of nitriles is 1. The fraction of sp³-hybridized carbons (Fsp3) is 0.917. The predicted molar refractivity (Wildman–Crippen MR) is 60.3 cm³/mol.